The van der Waals surface area contributed by atoms with Gasteiger partial charge in [-0.1, -0.05) is 6.07 Å². The second-order valence-electron chi connectivity index (χ2n) is 4.67. The molecule has 0 radical (unpaired) electrons. The normalized spacial score (nSPS) is 17.4. The number of hydrogen-bond donors (Lipinski definition) is 2. The quantitative estimate of drug-likeness (QED) is 0.867. The summed E-state index contributed by atoms with van der Waals surface area (Å²) in [6.07, 6.45) is 0.511. The molecule has 0 saturated carbocycles. The van der Waals surface area contributed by atoms with E-state index in [1.807, 2.05) is 0 Å². The summed E-state index contributed by atoms with van der Waals surface area (Å²) in [4.78, 5) is 2.20. The van der Waals surface area contributed by atoms with Gasteiger partial charge in [-0.3, -0.25) is 4.90 Å². The summed E-state index contributed by atoms with van der Waals surface area (Å²) < 4.78 is 19.4. The molecule has 2 N–H and O–H groups in total. The zero-order chi connectivity index (χ0) is 13.7. The Balaban J connectivity index is 0.00000200. The fourth-order valence-corrected chi connectivity index (χ4v) is 2.64. The average Bonchev–Trinajstić information content (AvgIpc) is 2.46. The van der Waals surface area contributed by atoms with Gasteiger partial charge in [-0.2, -0.15) is 0 Å². The third kappa shape index (κ3) is 3.82. The number of nitrogens with one attached hydrogen (secondary N) is 1. The molecule has 0 aliphatic carbocycles. The number of hydrogen-bond acceptors (Lipinski definition) is 4. The molecule has 0 unspecified atom stereocenters. The van der Waals surface area contributed by atoms with Crippen LogP contribution in [0.25, 0.3) is 0 Å². The third-order valence-corrected chi connectivity index (χ3v) is 3.56. The molecule has 1 aromatic carbocycles. The lowest BCUT2D eigenvalue weighted by Crippen LogP contribution is -2.45. The molecule has 1 fully saturated rings. The number of halogens is 2. The van der Waals surface area contributed by atoms with Crippen LogP contribution < -0.4 is 10.1 Å². The smallest absolute Gasteiger partial charge is 0.131 e. The van der Waals surface area contributed by atoms with Gasteiger partial charge in [0.2, 0.25) is 0 Å². The summed E-state index contributed by atoms with van der Waals surface area (Å²) in [7, 11) is 1.55. The molecule has 1 aromatic rings. The van der Waals surface area contributed by atoms with Crippen molar-refractivity contribution in [3.05, 3.63) is 29.6 Å². The number of aliphatic hydroxyl groups excluding tert-OH is 1. The number of ether oxygens (including phenoxy) is 1. The molecule has 20 heavy (non-hydrogen) atoms. The van der Waals surface area contributed by atoms with Crippen molar-refractivity contribution in [3.63, 3.8) is 0 Å². The van der Waals surface area contributed by atoms with E-state index in [0.29, 0.717) is 17.7 Å². The zero-order valence-electron chi connectivity index (χ0n) is 11.6. The van der Waals surface area contributed by atoms with Crippen LogP contribution in [0.1, 0.15) is 18.0 Å². The van der Waals surface area contributed by atoms with Crippen LogP contribution in [0.5, 0.6) is 5.75 Å². The first-order valence-corrected chi connectivity index (χ1v) is 6.66. The van der Waals surface area contributed by atoms with Crippen LogP contribution in [0.2, 0.25) is 0 Å². The Morgan fingerprint density at radius 2 is 2.10 bits per heavy atom. The van der Waals surface area contributed by atoms with Gasteiger partial charge in [0, 0.05) is 44.4 Å². The van der Waals surface area contributed by atoms with Crippen LogP contribution in [0.15, 0.2) is 18.2 Å². The standard InChI is InChI=1S/C14H21FN2O2.ClH/c1-19-13-4-2-3-11(15)14(13)12(5-10-18)17-8-6-16-7-9-17;/h2-4,12,16,18H,5-10H2,1H3;1H/t12-;/m0./s1. The summed E-state index contributed by atoms with van der Waals surface area (Å²) in [5.74, 6) is 0.285. The molecule has 0 bridgehead atoms. The molecule has 114 valence electrons. The molecular formula is C14H22ClFN2O2. The van der Waals surface area contributed by atoms with Crippen LogP contribution in [-0.4, -0.2) is 49.9 Å². The highest BCUT2D eigenvalue weighted by Gasteiger charge is 2.27. The summed E-state index contributed by atoms with van der Waals surface area (Å²) in [6.45, 7) is 3.51. The number of benzene rings is 1. The molecular weight excluding hydrogens is 283 g/mol. The average molecular weight is 305 g/mol. The molecule has 4 nitrogen and oxygen atoms in total. The Labute approximate surface area is 125 Å². The number of methoxy groups -OCH3 is 1. The van der Waals surface area contributed by atoms with E-state index in [9.17, 15) is 9.50 Å². The van der Waals surface area contributed by atoms with Gasteiger partial charge < -0.3 is 15.2 Å². The fraction of sp³-hybridized carbons (Fsp3) is 0.571. The molecule has 1 atom stereocenters. The van der Waals surface area contributed by atoms with E-state index >= 15 is 0 Å². The first kappa shape index (κ1) is 17.2. The van der Waals surface area contributed by atoms with Crippen molar-refractivity contribution in [2.75, 3.05) is 39.9 Å². The van der Waals surface area contributed by atoms with E-state index in [0.717, 1.165) is 26.2 Å². The van der Waals surface area contributed by atoms with Gasteiger partial charge in [0.15, 0.2) is 0 Å². The van der Waals surface area contributed by atoms with E-state index in [4.69, 9.17) is 4.74 Å². The summed E-state index contributed by atoms with van der Waals surface area (Å²) in [6, 6.07) is 4.73. The van der Waals surface area contributed by atoms with E-state index < -0.39 is 0 Å². The molecule has 0 aromatic heterocycles. The predicted molar refractivity (Wildman–Crippen MR) is 79.1 cm³/mol. The maximum atomic E-state index is 14.2. The van der Waals surface area contributed by atoms with Crippen molar-refractivity contribution < 1.29 is 14.2 Å². The lowest BCUT2D eigenvalue weighted by atomic mass is 9.99. The zero-order valence-corrected chi connectivity index (χ0v) is 12.5. The van der Waals surface area contributed by atoms with E-state index in [-0.39, 0.29) is 30.9 Å². The van der Waals surface area contributed by atoms with Crippen molar-refractivity contribution in [2.45, 2.75) is 12.5 Å². The molecule has 0 amide bonds. The highest BCUT2D eigenvalue weighted by atomic mass is 35.5. The van der Waals surface area contributed by atoms with Gasteiger partial charge in [-0.15, -0.1) is 12.4 Å². The van der Waals surface area contributed by atoms with E-state index in [2.05, 4.69) is 10.2 Å². The Hall–Kier alpha value is -0.880. The Morgan fingerprint density at radius 3 is 2.70 bits per heavy atom. The minimum absolute atomic E-state index is 0. The SMILES string of the molecule is COc1cccc(F)c1[C@H](CCO)N1CCNCC1.Cl. The maximum absolute atomic E-state index is 14.2. The topological polar surface area (TPSA) is 44.7 Å². The van der Waals surface area contributed by atoms with E-state index in [1.54, 1.807) is 19.2 Å². The number of piperazine rings is 1. The second-order valence-corrected chi connectivity index (χ2v) is 4.67. The van der Waals surface area contributed by atoms with Crippen LogP contribution >= 0.6 is 12.4 Å². The van der Waals surface area contributed by atoms with Crippen LogP contribution in [0.4, 0.5) is 4.39 Å². The monoisotopic (exact) mass is 304 g/mol. The summed E-state index contributed by atoms with van der Waals surface area (Å²) >= 11 is 0. The van der Waals surface area contributed by atoms with Gasteiger partial charge in [0.1, 0.15) is 11.6 Å². The molecule has 6 heteroatoms. The Morgan fingerprint density at radius 1 is 1.40 bits per heavy atom. The van der Waals surface area contributed by atoms with Crippen LogP contribution in [0, 0.1) is 5.82 Å². The van der Waals surface area contributed by atoms with Gasteiger partial charge in [0.25, 0.3) is 0 Å². The number of nitrogens with zero attached hydrogens (tertiary/aromatic N) is 1. The fourth-order valence-electron chi connectivity index (χ4n) is 2.64. The molecule has 1 aliphatic rings. The lowest BCUT2D eigenvalue weighted by molar-refractivity contribution is 0.136. The lowest BCUT2D eigenvalue weighted by Gasteiger charge is -2.35. The van der Waals surface area contributed by atoms with Crippen LogP contribution in [0.3, 0.4) is 0 Å². The molecule has 0 spiro atoms. The van der Waals surface area contributed by atoms with Crippen molar-refractivity contribution >= 4 is 12.4 Å². The van der Waals surface area contributed by atoms with Crippen LogP contribution in [-0.2, 0) is 0 Å². The van der Waals surface area contributed by atoms with Crippen molar-refractivity contribution in [1.29, 1.82) is 0 Å². The molecule has 1 saturated heterocycles. The molecule has 2 rings (SSSR count). The number of rotatable bonds is 5. The largest absolute Gasteiger partial charge is 0.496 e. The van der Waals surface area contributed by atoms with Gasteiger partial charge in [-0.05, 0) is 18.6 Å². The van der Waals surface area contributed by atoms with Gasteiger partial charge >= 0.3 is 0 Å². The van der Waals surface area contributed by atoms with Gasteiger partial charge in [0.05, 0.1) is 7.11 Å². The predicted octanol–water partition coefficient (Wildman–Crippen LogP) is 1.58. The Bertz CT molecular complexity index is 414. The van der Waals surface area contributed by atoms with Crippen molar-refractivity contribution in [2.24, 2.45) is 0 Å². The maximum Gasteiger partial charge on any atom is 0.131 e. The van der Waals surface area contributed by atoms with Crippen molar-refractivity contribution in [1.82, 2.24) is 10.2 Å². The summed E-state index contributed by atoms with van der Waals surface area (Å²) in [5, 5.41) is 12.6. The Kier molecular flexibility index (Phi) is 7.23. The minimum Gasteiger partial charge on any atom is -0.496 e. The minimum atomic E-state index is -0.267. The number of aliphatic hydroxyl groups is 1. The van der Waals surface area contributed by atoms with Gasteiger partial charge in [-0.25, -0.2) is 4.39 Å². The molecule has 1 aliphatic heterocycles. The highest BCUT2D eigenvalue weighted by molar-refractivity contribution is 5.85. The third-order valence-electron chi connectivity index (χ3n) is 3.56. The first-order chi connectivity index (χ1) is 9.27. The van der Waals surface area contributed by atoms with E-state index in [1.165, 1.54) is 6.07 Å². The highest BCUT2D eigenvalue weighted by Crippen LogP contribution is 2.33. The molecule has 1 heterocycles. The van der Waals surface area contributed by atoms with Crippen molar-refractivity contribution in [3.8, 4) is 5.75 Å². The summed E-state index contributed by atoms with van der Waals surface area (Å²) in [5.41, 5.74) is 0.556. The first-order valence-electron chi connectivity index (χ1n) is 6.66. The second kappa shape index (κ2) is 8.42.